The molecule has 25 heavy (non-hydrogen) atoms. The Labute approximate surface area is 146 Å². The Hall–Kier alpha value is -2.13. The number of thiophene rings is 1. The molecule has 1 aromatic carbocycles. The second-order valence-corrected chi connectivity index (χ2v) is 6.83. The van der Waals surface area contributed by atoms with Crippen LogP contribution in [-0.2, 0) is 12.7 Å². The minimum atomic E-state index is -4.63. The number of halogens is 3. The maximum Gasteiger partial charge on any atom is 0.418 e. The number of piperazine rings is 1. The van der Waals surface area contributed by atoms with Crippen molar-refractivity contribution in [1.29, 1.82) is 0 Å². The number of alkyl halides is 3. The molecule has 2 heterocycles. The smallest absolute Gasteiger partial charge is 0.368 e. The molecule has 1 aromatic heterocycles. The minimum Gasteiger partial charge on any atom is -0.368 e. The van der Waals surface area contributed by atoms with Gasteiger partial charge in [0.1, 0.15) is 0 Å². The van der Waals surface area contributed by atoms with Crippen LogP contribution in [-0.4, -0.2) is 36.0 Å². The molecule has 134 valence electrons. The van der Waals surface area contributed by atoms with Crippen molar-refractivity contribution >= 4 is 22.7 Å². The lowest BCUT2D eigenvalue weighted by molar-refractivity contribution is -0.385. The number of hydrogen-bond donors (Lipinski definition) is 0. The molecule has 9 heteroatoms. The fourth-order valence-corrected chi connectivity index (χ4v) is 3.66. The van der Waals surface area contributed by atoms with Crippen LogP contribution in [0.25, 0.3) is 0 Å². The van der Waals surface area contributed by atoms with Gasteiger partial charge in [0, 0.05) is 55.4 Å². The van der Waals surface area contributed by atoms with E-state index in [0.29, 0.717) is 32.2 Å². The van der Waals surface area contributed by atoms with Crippen molar-refractivity contribution in [3.63, 3.8) is 0 Å². The summed E-state index contributed by atoms with van der Waals surface area (Å²) in [6.07, 6.45) is -4.63. The Morgan fingerprint density at radius 3 is 2.44 bits per heavy atom. The summed E-state index contributed by atoms with van der Waals surface area (Å²) in [5.41, 5.74) is -1.49. The third kappa shape index (κ3) is 4.10. The molecule has 1 fully saturated rings. The number of nitrogens with zero attached hydrogens (tertiary/aromatic N) is 3. The van der Waals surface area contributed by atoms with Crippen molar-refractivity contribution in [2.24, 2.45) is 0 Å². The van der Waals surface area contributed by atoms with Gasteiger partial charge in [-0.05, 0) is 17.5 Å². The zero-order valence-electron chi connectivity index (χ0n) is 13.2. The SMILES string of the molecule is O=[N+]([O-])c1ccc(N2CCN(Cc3cccs3)CC2)c(C(F)(F)F)c1. The van der Waals surface area contributed by atoms with Gasteiger partial charge in [0.2, 0.25) is 0 Å². The van der Waals surface area contributed by atoms with Gasteiger partial charge in [-0.15, -0.1) is 11.3 Å². The predicted molar refractivity (Wildman–Crippen MR) is 89.9 cm³/mol. The molecular formula is C16H16F3N3O2S. The maximum atomic E-state index is 13.3. The first-order valence-electron chi connectivity index (χ1n) is 7.70. The lowest BCUT2D eigenvalue weighted by Crippen LogP contribution is -2.46. The van der Waals surface area contributed by atoms with Gasteiger partial charge in [-0.25, -0.2) is 0 Å². The first kappa shape index (κ1) is 17.7. The Bertz CT molecular complexity index is 742. The maximum absolute atomic E-state index is 13.3. The summed E-state index contributed by atoms with van der Waals surface area (Å²) in [5.74, 6) is 0. The van der Waals surface area contributed by atoms with E-state index in [0.717, 1.165) is 12.6 Å². The molecule has 0 aliphatic carbocycles. The van der Waals surface area contributed by atoms with E-state index >= 15 is 0 Å². The van der Waals surface area contributed by atoms with E-state index < -0.39 is 22.4 Å². The predicted octanol–water partition coefficient (Wildman–Crippen LogP) is 4.00. The van der Waals surface area contributed by atoms with Crippen molar-refractivity contribution in [1.82, 2.24) is 4.90 Å². The van der Waals surface area contributed by atoms with E-state index in [-0.39, 0.29) is 5.69 Å². The number of anilines is 1. The largest absolute Gasteiger partial charge is 0.418 e. The van der Waals surface area contributed by atoms with Gasteiger partial charge in [-0.2, -0.15) is 13.2 Å². The third-order valence-corrected chi connectivity index (χ3v) is 5.03. The summed E-state index contributed by atoms with van der Waals surface area (Å²) in [4.78, 5) is 15.0. The van der Waals surface area contributed by atoms with E-state index in [1.807, 2.05) is 17.5 Å². The van der Waals surface area contributed by atoms with E-state index in [4.69, 9.17) is 0 Å². The molecule has 0 unspecified atom stereocenters. The Balaban J connectivity index is 1.75. The van der Waals surface area contributed by atoms with Gasteiger partial charge in [-0.3, -0.25) is 15.0 Å². The topological polar surface area (TPSA) is 49.6 Å². The second-order valence-electron chi connectivity index (χ2n) is 5.80. The van der Waals surface area contributed by atoms with Crippen LogP contribution in [0.4, 0.5) is 24.5 Å². The van der Waals surface area contributed by atoms with Crippen molar-refractivity contribution in [2.75, 3.05) is 31.1 Å². The summed E-state index contributed by atoms with van der Waals surface area (Å²) in [6.45, 7) is 2.98. The highest BCUT2D eigenvalue weighted by atomic mass is 32.1. The standard InChI is InChI=1S/C16H16F3N3O2S/c17-16(18,19)14-10-12(22(23)24)3-4-15(14)21-7-5-20(6-8-21)11-13-2-1-9-25-13/h1-4,9-10H,5-8,11H2. The highest BCUT2D eigenvalue weighted by Gasteiger charge is 2.37. The van der Waals surface area contributed by atoms with Crippen molar-refractivity contribution < 1.29 is 18.1 Å². The quantitative estimate of drug-likeness (QED) is 0.602. The van der Waals surface area contributed by atoms with Crippen molar-refractivity contribution in [3.8, 4) is 0 Å². The number of rotatable bonds is 4. The normalized spacial score (nSPS) is 16.2. The first-order chi connectivity index (χ1) is 11.8. The van der Waals surface area contributed by atoms with E-state index in [2.05, 4.69) is 4.90 Å². The van der Waals surface area contributed by atoms with Crippen LogP contribution in [0.1, 0.15) is 10.4 Å². The molecule has 2 aromatic rings. The number of nitro groups is 1. The minimum absolute atomic E-state index is 0.00822. The number of non-ortho nitro benzene ring substituents is 1. The number of benzene rings is 1. The number of hydrogen-bond acceptors (Lipinski definition) is 5. The molecule has 0 radical (unpaired) electrons. The monoisotopic (exact) mass is 371 g/mol. The van der Waals surface area contributed by atoms with Crippen LogP contribution in [0.2, 0.25) is 0 Å². The molecule has 0 N–H and O–H groups in total. The molecular weight excluding hydrogens is 355 g/mol. The molecule has 1 saturated heterocycles. The van der Waals surface area contributed by atoms with Gasteiger partial charge in [0.25, 0.3) is 5.69 Å². The van der Waals surface area contributed by atoms with Gasteiger partial charge in [-0.1, -0.05) is 6.07 Å². The van der Waals surface area contributed by atoms with Gasteiger partial charge in [0.15, 0.2) is 0 Å². The Morgan fingerprint density at radius 1 is 1.16 bits per heavy atom. The molecule has 0 saturated carbocycles. The summed E-state index contributed by atoms with van der Waals surface area (Å²) in [7, 11) is 0. The van der Waals surface area contributed by atoms with Crippen molar-refractivity contribution in [2.45, 2.75) is 12.7 Å². The zero-order chi connectivity index (χ0) is 18.0. The summed E-state index contributed by atoms with van der Waals surface area (Å²) in [6, 6.07) is 6.96. The molecule has 0 spiro atoms. The average molecular weight is 371 g/mol. The van der Waals surface area contributed by atoms with Crippen LogP contribution < -0.4 is 4.90 Å². The van der Waals surface area contributed by atoms with Crippen LogP contribution in [0.5, 0.6) is 0 Å². The highest BCUT2D eigenvalue weighted by Crippen LogP contribution is 2.39. The molecule has 1 aliphatic heterocycles. The van der Waals surface area contributed by atoms with Crippen LogP contribution in [0.3, 0.4) is 0 Å². The summed E-state index contributed by atoms with van der Waals surface area (Å²) < 4.78 is 40.0. The molecule has 3 rings (SSSR count). The first-order valence-corrected chi connectivity index (χ1v) is 8.58. The molecule has 0 bridgehead atoms. The number of nitro benzene ring substituents is 1. The molecule has 0 amide bonds. The van der Waals surface area contributed by atoms with E-state index in [1.54, 1.807) is 16.2 Å². The van der Waals surface area contributed by atoms with Crippen LogP contribution in [0, 0.1) is 10.1 Å². The third-order valence-electron chi connectivity index (χ3n) is 4.17. The lowest BCUT2D eigenvalue weighted by atomic mass is 10.1. The summed E-state index contributed by atoms with van der Waals surface area (Å²) >= 11 is 1.66. The van der Waals surface area contributed by atoms with Gasteiger partial charge in [0.05, 0.1) is 10.5 Å². The molecule has 5 nitrogen and oxygen atoms in total. The fraction of sp³-hybridized carbons (Fsp3) is 0.375. The van der Waals surface area contributed by atoms with Gasteiger partial charge >= 0.3 is 6.18 Å². The zero-order valence-corrected chi connectivity index (χ0v) is 14.0. The van der Waals surface area contributed by atoms with Crippen LogP contribution in [0.15, 0.2) is 35.7 Å². The fourth-order valence-electron chi connectivity index (χ4n) is 2.91. The average Bonchev–Trinajstić information content (AvgIpc) is 3.07. The Morgan fingerprint density at radius 2 is 1.88 bits per heavy atom. The molecule has 1 aliphatic rings. The highest BCUT2D eigenvalue weighted by molar-refractivity contribution is 7.09. The van der Waals surface area contributed by atoms with Crippen LogP contribution >= 0.6 is 11.3 Å². The van der Waals surface area contributed by atoms with Gasteiger partial charge < -0.3 is 4.90 Å². The van der Waals surface area contributed by atoms with E-state index in [9.17, 15) is 23.3 Å². The second kappa shape index (κ2) is 7.01. The van der Waals surface area contributed by atoms with E-state index in [1.165, 1.54) is 10.9 Å². The Kier molecular flexibility index (Phi) is 4.96. The molecule has 0 atom stereocenters. The van der Waals surface area contributed by atoms with Crippen molar-refractivity contribution in [3.05, 3.63) is 56.3 Å². The lowest BCUT2D eigenvalue weighted by Gasteiger charge is -2.36. The summed E-state index contributed by atoms with van der Waals surface area (Å²) in [5, 5.41) is 12.8.